The van der Waals surface area contributed by atoms with E-state index in [9.17, 15) is 15.0 Å². The second kappa shape index (κ2) is 13.0. The monoisotopic (exact) mass is 512 g/mol. The first kappa shape index (κ1) is 31.0. The van der Waals surface area contributed by atoms with Crippen molar-refractivity contribution in [2.24, 2.45) is 52.3 Å². The van der Waals surface area contributed by atoms with E-state index >= 15 is 0 Å². The topological polar surface area (TPSA) is 66.8 Å². The Labute approximate surface area is 221 Å². The fraction of sp³-hybridized carbons (Fsp3) is 0.967. The Kier molecular flexibility index (Phi) is 11.5. The van der Waals surface area contributed by atoms with Crippen LogP contribution in [-0.4, -0.2) is 41.8 Å². The van der Waals surface area contributed by atoms with Crippen LogP contribution in [0.3, 0.4) is 0 Å². The highest BCUT2D eigenvalue weighted by atomic mass is 32.1. The first-order valence-corrected chi connectivity index (χ1v) is 15.4. The predicted octanol–water partition coefficient (Wildman–Crippen LogP) is 6.77. The van der Waals surface area contributed by atoms with E-state index in [0.29, 0.717) is 47.8 Å². The van der Waals surface area contributed by atoms with Gasteiger partial charge in [0.15, 0.2) is 0 Å². The lowest BCUT2D eigenvalue weighted by Gasteiger charge is -2.64. The van der Waals surface area contributed by atoms with Gasteiger partial charge in [0.25, 0.3) is 0 Å². The number of rotatable bonds is 5. The van der Waals surface area contributed by atoms with E-state index in [-0.39, 0.29) is 29.0 Å². The maximum Gasteiger partial charge on any atom is 0.305 e. The predicted molar refractivity (Wildman–Crippen MR) is 148 cm³/mol. The zero-order chi connectivity index (χ0) is 26.6. The van der Waals surface area contributed by atoms with Gasteiger partial charge in [-0.25, -0.2) is 0 Å². The number of carbonyl (C=O) groups is 1. The molecule has 0 aromatic rings. The summed E-state index contributed by atoms with van der Waals surface area (Å²) in [4.78, 5) is 11.7. The standard InChI is InChI=1S/C27H46O4.C2H6.CH4S/c1-6-18-22-15-17(28)11-13-27(22,4)21-12-14-26(3)19(16(2)7-10-23(29)31-5)8-9-20(26)24(21)25(18)30;2*1-2/h16-22,24-25,28,30H,6-15H2,1-5H3;1-2H3;2H,1H3/t16-,17-,18-,19?,20?,21?,22?,24?,25-,26?,27?;;/m1../s1. The summed E-state index contributed by atoms with van der Waals surface area (Å²) >= 11 is 3.53. The molecule has 2 N–H and O–H groups in total. The number of carbonyl (C=O) groups excluding carboxylic acids is 1. The van der Waals surface area contributed by atoms with Crippen LogP contribution >= 0.6 is 12.6 Å². The van der Waals surface area contributed by atoms with Gasteiger partial charge in [-0.3, -0.25) is 4.79 Å². The molecule has 0 aromatic carbocycles. The van der Waals surface area contributed by atoms with E-state index in [2.05, 4.69) is 40.3 Å². The van der Waals surface area contributed by atoms with Crippen LogP contribution in [-0.2, 0) is 9.53 Å². The number of thiol groups is 1. The molecule has 7 unspecified atom stereocenters. The highest BCUT2D eigenvalue weighted by molar-refractivity contribution is 7.79. The molecule has 4 fully saturated rings. The average Bonchev–Trinajstić information content (AvgIpc) is 3.23. The first-order valence-electron chi connectivity index (χ1n) is 14.5. The van der Waals surface area contributed by atoms with Gasteiger partial charge in [0, 0.05) is 6.42 Å². The van der Waals surface area contributed by atoms with Gasteiger partial charge >= 0.3 is 5.97 Å². The summed E-state index contributed by atoms with van der Waals surface area (Å²) in [7, 11) is 1.48. The van der Waals surface area contributed by atoms with Crippen molar-refractivity contribution < 1.29 is 19.7 Å². The molecule has 0 aliphatic heterocycles. The molecule has 0 amide bonds. The van der Waals surface area contributed by atoms with E-state index in [1.54, 1.807) is 6.26 Å². The number of aliphatic hydroxyl groups is 2. The Hall–Kier alpha value is -0.260. The third-order valence-corrected chi connectivity index (χ3v) is 11.2. The van der Waals surface area contributed by atoms with E-state index in [1.807, 2.05) is 13.8 Å². The van der Waals surface area contributed by atoms with Crippen LogP contribution in [0.2, 0.25) is 0 Å². The maximum absolute atomic E-state index is 11.8. The number of fused-ring (bicyclic) bond motifs is 5. The van der Waals surface area contributed by atoms with E-state index < -0.39 is 0 Å². The SMILES string of the molecule is CC.CC[C@@H]1C2C[C@H](O)CCC2(C)C2CCC3(C)C(CCC3[C@H](C)CCC(=O)OC)C2[C@@H]1O.CS. The Morgan fingerprint density at radius 3 is 2.20 bits per heavy atom. The number of hydrogen-bond donors (Lipinski definition) is 3. The number of ether oxygens (including phenoxy) is 1. The van der Waals surface area contributed by atoms with Gasteiger partial charge in [-0.05, 0) is 110 Å². The largest absolute Gasteiger partial charge is 0.469 e. The average molecular weight is 513 g/mol. The fourth-order valence-electron chi connectivity index (χ4n) is 9.58. The first-order chi connectivity index (χ1) is 16.7. The Balaban J connectivity index is 0.00000103. The lowest BCUT2D eigenvalue weighted by atomic mass is 9.41. The number of esters is 1. The van der Waals surface area contributed by atoms with Crippen molar-refractivity contribution in [1.29, 1.82) is 0 Å². The summed E-state index contributed by atoms with van der Waals surface area (Å²) in [5, 5.41) is 22.2. The molecule has 5 heteroatoms. The molecule has 0 heterocycles. The smallest absolute Gasteiger partial charge is 0.305 e. The van der Waals surface area contributed by atoms with Gasteiger partial charge < -0.3 is 14.9 Å². The minimum Gasteiger partial charge on any atom is -0.469 e. The molecule has 0 saturated heterocycles. The van der Waals surface area contributed by atoms with Crippen molar-refractivity contribution in [1.82, 2.24) is 0 Å². The lowest BCUT2D eigenvalue weighted by molar-refractivity contribution is -0.203. The maximum atomic E-state index is 11.8. The van der Waals surface area contributed by atoms with Gasteiger partial charge in [-0.1, -0.05) is 48.0 Å². The number of aliphatic hydroxyl groups excluding tert-OH is 2. The van der Waals surface area contributed by atoms with E-state index in [1.165, 1.54) is 32.8 Å². The van der Waals surface area contributed by atoms with E-state index in [0.717, 1.165) is 32.1 Å². The Bertz CT molecular complexity index is 671. The quantitative estimate of drug-likeness (QED) is 0.281. The molecule has 35 heavy (non-hydrogen) atoms. The van der Waals surface area contributed by atoms with Gasteiger partial charge in [-0.15, -0.1) is 0 Å². The minimum atomic E-state index is -0.230. The lowest BCUT2D eigenvalue weighted by Crippen LogP contribution is -2.62. The van der Waals surface area contributed by atoms with Crippen LogP contribution in [0.5, 0.6) is 0 Å². The summed E-state index contributed by atoms with van der Waals surface area (Å²) in [5.41, 5.74) is 0.535. The summed E-state index contributed by atoms with van der Waals surface area (Å²) < 4.78 is 4.88. The van der Waals surface area contributed by atoms with Crippen LogP contribution in [0.15, 0.2) is 0 Å². The van der Waals surface area contributed by atoms with Crippen LogP contribution < -0.4 is 0 Å². The van der Waals surface area contributed by atoms with Crippen molar-refractivity contribution in [2.45, 2.75) is 118 Å². The number of hydrogen-bond acceptors (Lipinski definition) is 5. The van der Waals surface area contributed by atoms with Gasteiger partial charge in [0.1, 0.15) is 0 Å². The summed E-state index contributed by atoms with van der Waals surface area (Å²) in [6.07, 6.45) is 11.6. The van der Waals surface area contributed by atoms with Crippen LogP contribution in [0.1, 0.15) is 106 Å². The fourth-order valence-corrected chi connectivity index (χ4v) is 9.58. The van der Waals surface area contributed by atoms with Crippen LogP contribution in [0.25, 0.3) is 0 Å². The zero-order valence-electron chi connectivity index (χ0n) is 23.9. The molecule has 206 valence electrons. The van der Waals surface area contributed by atoms with Crippen LogP contribution in [0.4, 0.5) is 0 Å². The van der Waals surface area contributed by atoms with Crippen molar-refractivity contribution in [3.05, 3.63) is 0 Å². The molecule has 0 bridgehead atoms. The zero-order valence-corrected chi connectivity index (χ0v) is 24.8. The molecule has 4 aliphatic rings. The second-order valence-corrected chi connectivity index (χ2v) is 12.2. The highest BCUT2D eigenvalue weighted by Crippen LogP contribution is 2.69. The van der Waals surface area contributed by atoms with Crippen molar-refractivity contribution in [3.8, 4) is 0 Å². The molecule has 0 spiro atoms. The molecule has 4 rings (SSSR count). The van der Waals surface area contributed by atoms with Crippen molar-refractivity contribution in [2.75, 3.05) is 13.4 Å². The molecule has 0 aromatic heterocycles. The summed E-state index contributed by atoms with van der Waals surface area (Å²) in [6, 6.07) is 0. The van der Waals surface area contributed by atoms with Crippen molar-refractivity contribution >= 4 is 18.6 Å². The third-order valence-electron chi connectivity index (χ3n) is 11.2. The molecule has 0 radical (unpaired) electrons. The van der Waals surface area contributed by atoms with Gasteiger partial charge in [-0.2, -0.15) is 12.6 Å². The molecule has 4 aliphatic carbocycles. The molecule has 4 nitrogen and oxygen atoms in total. The molecular formula is C30H56O4S. The van der Waals surface area contributed by atoms with Crippen LogP contribution in [0, 0.1) is 52.3 Å². The highest BCUT2D eigenvalue weighted by Gasteiger charge is 2.64. The third kappa shape index (κ3) is 5.62. The molecule has 4 saturated carbocycles. The Morgan fingerprint density at radius 2 is 1.60 bits per heavy atom. The van der Waals surface area contributed by atoms with Gasteiger partial charge in [0.2, 0.25) is 0 Å². The normalized spacial score (nSPS) is 44.8. The Morgan fingerprint density at radius 1 is 1.00 bits per heavy atom. The second-order valence-electron chi connectivity index (χ2n) is 12.2. The van der Waals surface area contributed by atoms with Gasteiger partial charge in [0.05, 0.1) is 19.3 Å². The van der Waals surface area contributed by atoms with E-state index in [4.69, 9.17) is 4.74 Å². The molecular weight excluding hydrogens is 456 g/mol. The number of methoxy groups -OCH3 is 1. The van der Waals surface area contributed by atoms with Crippen molar-refractivity contribution in [3.63, 3.8) is 0 Å². The minimum absolute atomic E-state index is 0.0952. The summed E-state index contributed by atoms with van der Waals surface area (Å²) in [5.74, 6) is 3.41. The summed E-state index contributed by atoms with van der Waals surface area (Å²) in [6.45, 7) is 13.6. The molecule has 11 atom stereocenters.